The van der Waals surface area contributed by atoms with Gasteiger partial charge in [0.05, 0.1) is 5.69 Å². The lowest BCUT2D eigenvalue weighted by Crippen LogP contribution is -2.18. The monoisotopic (exact) mass is 234 g/mol. The van der Waals surface area contributed by atoms with E-state index in [1.54, 1.807) is 0 Å². The third kappa shape index (κ3) is 2.84. The van der Waals surface area contributed by atoms with Gasteiger partial charge in [0.25, 0.3) is 0 Å². The van der Waals surface area contributed by atoms with Crippen molar-refractivity contribution in [1.82, 2.24) is 19.9 Å². The fourth-order valence-electron chi connectivity index (χ4n) is 1.45. The van der Waals surface area contributed by atoms with Crippen LogP contribution in [0.1, 0.15) is 29.8 Å². The van der Waals surface area contributed by atoms with Gasteiger partial charge < -0.3 is 5.32 Å². The Hall–Kier alpha value is -1.33. The second-order valence-electron chi connectivity index (χ2n) is 3.80. The minimum Gasteiger partial charge on any atom is -0.305 e. The SMILES string of the molecule is Cc1cncc(CNC(C)c2csnn2)c1. The van der Waals surface area contributed by atoms with Crippen molar-refractivity contribution < 1.29 is 0 Å². The molecule has 4 nitrogen and oxygen atoms in total. The van der Waals surface area contributed by atoms with E-state index in [0.717, 1.165) is 12.2 Å². The third-order valence-electron chi connectivity index (χ3n) is 2.36. The van der Waals surface area contributed by atoms with Crippen LogP contribution in [0.5, 0.6) is 0 Å². The Labute approximate surface area is 98.9 Å². The van der Waals surface area contributed by atoms with Crippen LogP contribution in [0.25, 0.3) is 0 Å². The van der Waals surface area contributed by atoms with Crippen LogP contribution in [-0.2, 0) is 6.54 Å². The Morgan fingerprint density at radius 1 is 1.44 bits per heavy atom. The van der Waals surface area contributed by atoms with Crippen LogP contribution in [0, 0.1) is 6.92 Å². The van der Waals surface area contributed by atoms with Crippen molar-refractivity contribution >= 4 is 11.5 Å². The molecule has 0 aliphatic heterocycles. The molecule has 2 heterocycles. The predicted molar refractivity (Wildman–Crippen MR) is 64.1 cm³/mol. The summed E-state index contributed by atoms with van der Waals surface area (Å²) in [7, 11) is 0. The zero-order chi connectivity index (χ0) is 11.4. The van der Waals surface area contributed by atoms with E-state index in [-0.39, 0.29) is 6.04 Å². The molecule has 84 valence electrons. The molecule has 0 aromatic carbocycles. The van der Waals surface area contributed by atoms with Crippen molar-refractivity contribution in [3.63, 3.8) is 0 Å². The van der Waals surface area contributed by atoms with Gasteiger partial charge in [0.2, 0.25) is 0 Å². The van der Waals surface area contributed by atoms with Gasteiger partial charge in [-0.1, -0.05) is 10.6 Å². The van der Waals surface area contributed by atoms with Gasteiger partial charge in [0, 0.05) is 30.4 Å². The summed E-state index contributed by atoms with van der Waals surface area (Å²) in [6, 6.07) is 2.35. The van der Waals surface area contributed by atoms with Crippen LogP contribution >= 0.6 is 11.5 Å². The normalized spacial score (nSPS) is 12.6. The molecule has 16 heavy (non-hydrogen) atoms. The molecule has 0 aliphatic carbocycles. The van der Waals surface area contributed by atoms with E-state index in [1.165, 1.54) is 22.7 Å². The molecule has 2 aromatic rings. The Morgan fingerprint density at radius 2 is 2.31 bits per heavy atom. The van der Waals surface area contributed by atoms with E-state index in [1.807, 2.05) is 24.7 Å². The molecule has 0 aliphatic rings. The number of nitrogens with one attached hydrogen (secondary N) is 1. The maximum Gasteiger partial charge on any atom is 0.0921 e. The molecular formula is C11H14N4S. The predicted octanol–water partition coefficient (Wildman–Crippen LogP) is 2.09. The first-order valence-corrected chi connectivity index (χ1v) is 6.00. The topological polar surface area (TPSA) is 50.7 Å². The molecule has 0 spiro atoms. The Morgan fingerprint density at radius 3 is 3.00 bits per heavy atom. The first-order chi connectivity index (χ1) is 7.75. The van der Waals surface area contributed by atoms with E-state index in [4.69, 9.17) is 0 Å². The molecule has 2 aromatic heterocycles. The van der Waals surface area contributed by atoms with Crippen LogP contribution in [0.15, 0.2) is 23.8 Å². The smallest absolute Gasteiger partial charge is 0.0921 e. The Kier molecular flexibility index (Phi) is 3.58. The zero-order valence-electron chi connectivity index (χ0n) is 9.34. The lowest BCUT2D eigenvalue weighted by atomic mass is 10.2. The first kappa shape index (κ1) is 11.2. The van der Waals surface area contributed by atoms with Crippen LogP contribution in [0.2, 0.25) is 0 Å². The van der Waals surface area contributed by atoms with Crippen molar-refractivity contribution in [2.75, 3.05) is 0 Å². The second kappa shape index (κ2) is 5.14. The molecule has 1 N–H and O–H groups in total. The van der Waals surface area contributed by atoms with Gasteiger partial charge in [-0.05, 0) is 36.5 Å². The number of pyridine rings is 1. The highest BCUT2D eigenvalue weighted by molar-refractivity contribution is 7.03. The first-order valence-electron chi connectivity index (χ1n) is 5.16. The second-order valence-corrected chi connectivity index (χ2v) is 4.41. The summed E-state index contributed by atoms with van der Waals surface area (Å²) in [5.74, 6) is 0. The van der Waals surface area contributed by atoms with Gasteiger partial charge in [0.1, 0.15) is 0 Å². The number of hydrogen-bond donors (Lipinski definition) is 1. The van der Waals surface area contributed by atoms with Gasteiger partial charge in [-0.2, -0.15) is 0 Å². The highest BCUT2D eigenvalue weighted by Gasteiger charge is 2.07. The van der Waals surface area contributed by atoms with E-state index in [9.17, 15) is 0 Å². The van der Waals surface area contributed by atoms with Gasteiger partial charge in [-0.25, -0.2) is 0 Å². The maximum absolute atomic E-state index is 4.16. The van der Waals surface area contributed by atoms with E-state index in [2.05, 4.69) is 32.9 Å². The highest BCUT2D eigenvalue weighted by atomic mass is 32.1. The summed E-state index contributed by atoms with van der Waals surface area (Å²) < 4.78 is 3.85. The summed E-state index contributed by atoms with van der Waals surface area (Å²) in [5, 5.41) is 9.39. The molecule has 0 radical (unpaired) electrons. The summed E-state index contributed by atoms with van der Waals surface area (Å²) >= 11 is 1.38. The molecule has 1 unspecified atom stereocenters. The van der Waals surface area contributed by atoms with Crippen LogP contribution < -0.4 is 5.32 Å². The molecule has 0 bridgehead atoms. The number of aryl methyl sites for hydroxylation is 1. The number of rotatable bonds is 4. The van der Waals surface area contributed by atoms with Gasteiger partial charge >= 0.3 is 0 Å². The summed E-state index contributed by atoms with van der Waals surface area (Å²) in [6.07, 6.45) is 3.74. The van der Waals surface area contributed by atoms with Gasteiger partial charge in [-0.3, -0.25) is 4.98 Å². The average Bonchev–Trinajstić information content (AvgIpc) is 2.79. The van der Waals surface area contributed by atoms with Gasteiger partial charge in [0.15, 0.2) is 0 Å². The quantitative estimate of drug-likeness (QED) is 0.880. The van der Waals surface area contributed by atoms with Crippen LogP contribution in [-0.4, -0.2) is 14.6 Å². The molecule has 0 saturated carbocycles. The zero-order valence-corrected chi connectivity index (χ0v) is 10.2. The average molecular weight is 234 g/mol. The largest absolute Gasteiger partial charge is 0.305 e. The lowest BCUT2D eigenvalue weighted by Gasteiger charge is -2.10. The van der Waals surface area contributed by atoms with Crippen molar-refractivity contribution in [3.05, 3.63) is 40.7 Å². The Bertz CT molecular complexity index is 441. The molecule has 0 amide bonds. The number of hydrogen-bond acceptors (Lipinski definition) is 5. The Balaban J connectivity index is 1.92. The number of aromatic nitrogens is 3. The molecule has 0 saturated heterocycles. The number of nitrogens with zero attached hydrogens (tertiary/aromatic N) is 3. The fraction of sp³-hybridized carbons (Fsp3) is 0.364. The van der Waals surface area contributed by atoms with E-state index in [0.29, 0.717) is 0 Å². The lowest BCUT2D eigenvalue weighted by molar-refractivity contribution is 0.559. The van der Waals surface area contributed by atoms with Crippen LogP contribution in [0.4, 0.5) is 0 Å². The third-order valence-corrected chi connectivity index (χ3v) is 2.89. The minimum atomic E-state index is 0.222. The van der Waals surface area contributed by atoms with Crippen molar-refractivity contribution in [2.45, 2.75) is 26.4 Å². The molecule has 2 rings (SSSR count). The highest BCUT2D eigenvalue weighted by Crippen LogP contribution is 2.11. The fourth-order valence-corrected chi connectivity index (χ4v) is 2.00. The molecule has 1 atom stereocenters. The summed E-state index contributed by atoms with van der Waals surface area (Å²) in [5.41, 5.74) is 3.36. The van der Waals surface area contributed by atoms with E-state index >= 15 is 0 Å². The van der Waals surface area contributed by atoms with Crippen molar-refractivity contribution in [3.8, 4) is 0 Å². The minimum absolute atomic E-state index is 0.222. The standard InChI is InChI=1S/C11H14N4S/c1-8-3-10(5-12-4-8)6-13-9(2)11-7-16-15-14-11/h3-5,7,9,13H,6H2,1-2H3. The molecule has 5 heteroatoms. The maximum atomic E-state index is 4.16. The molecular weight excluding hydrogens is 220 g/mol. The van der Waals surface area contributed by atoms with Gasteiger partial charge in [-0.15, -0.1) is 5.10 Å². The van der Waals surface area contributed by atoms with Crippen LogP contribution in [0.3, 0.4) is 0 Å². The van der Waals surface area contributed by atoms with Crippen molar-refractivity contribution in [1.29, 1.82) is 0 Å². The van der Waals surface area contributed by atoms with E-state index < -0.39 is 0 Å². The summed E-state index contributed by atoms with van der Waals surface area (Å²) in [4.78, 5) is 4.16. The van der Waals surface area contributed by atoms with Crippen molar-refractivity contribution in [2.24, 2.45) is 0 Å². The molecule has 0 fully saturated rings. The summed E-state index contributed by atoms with van der Waals surface area (Å²) in [6.45, 7) is 4.93.